The van der Waals surface area contributed by atoms with Crippen molar-refractivity contribution in [2.24, 2.45) is 5.73 Å². The molecule has 1 aliphatic heterocycles. The van der Waals surface area contributed by atoms with Gasteiger partial charge in [-0.2, -0.15) is 0 Å². The molecule has 2 aliphatic rings. The highest BCUT2D eigenvalue weighted by molar-refractivity contribution is 5.95. The van der Waals surface area contributed by atoms with Crippen LogP contribution in [0.5, 0.6) is 0 Å². The average molecular weight is 245 g/mol. The predicted octanol–water partition coefficient (Wildman–Crippen LogP) is 0.898. The van der Waals surface area contributed by atoms with Gasteiger partial charge in [0.25, 0.3) is 5.91 Å². The molecule has 0 aromatic heterocycles. The molecule has 1 amide bonds. The van der Waals surface area contributed by atoms with Gasteiger partial charge in [-0.05, 0) is 43.0 Å². The minimum Gasteiger partial charge on any atom is -0.374 e. The van der Waals surface area contributed by atoms with E-state index in [-0.39, 0.29) is 18.0 Å². The van der Waals surface area contributed by atoms with Crippen molar-refractivity contribution in [3.63, 3.8) is 0 Å². The van der Waals surface area contributed by atoms with Crippen LogP contribution in [0.3, 0.4) is 0 Å². The minimum absolute atomic E-state index is 0.0317. The number of nitrogens with one attached hydrogen (secondary N) is 1. The van der Waals surface area contributed by atoms with Crippen LogP contribution < -0.4 is 16.0 Å². The molecule has 1 aromatic rings. The third-order valence-corrected chi connectivity index (χ3v) is 3.98. The Hall–Kier alpha value is -1.55. The number of fused-ring (bicyclic) bond motifs is 1. The first-order chi connectivity index (χ1) is 8.63. The Morgan fingerprint density at radius 3 is 2.94 bits per heavy atom. The highest BCUT2D eigenvalue weighted by Crippen LogP contribution is 2.27. The zero-order valence-electron chi connectivity index (χ0n) is 10.6. The second-order valence-corrected chi connectivity index (χ2v) is 5.42. The van der Waals surface area contributed by atoms with Gasteiger partial charge in [0.05, 0.1) is 0 Å². The first kappa shape index (κ1) is 11.5. The molecule has 3 rings (SSSR count). The number of amides is 1. The number of nitrogens with zero attached hydrogens (tertiary/aromatic N) is 1. The normalized spacial score (nSPS) is 25.6. The van der Waals surface area contributed by atoms with Crippen LogP contribution in [0.15, 0.2) is 18.2 Å². The number of hydrogen-bond donors (Lipinski definition) is 2. The molecule has 0 spiro atoms. The maximum Gasteiger partial charge on any atom is 0.251 e. The third-order valence-electron chi connectivity index (χ3n) is 3.98. The molecular formula is C14H19N3O. The first-order valence-corrected chi connectivity index (χ1v) is 6.54. The maximum atomic E-state index is 12.1. The molecule has 3 N–H and O–H groups in total. The fourth-order valence-corrected chi connectivity index (χ4v) is 2.76. The van der Waals surface area contributed by atoms with Crippen molar-refractivity contribution in [2.75, 3.05) is 18.5 Å². The van der Waals surface area contributed by atoms with E-state index in [9.17, 15) is 4.79 Å². The van der Waals surface area contributed by atoms with E-state index < -0.39 is 0 Å². The summed E-state index contributed by atoms with van der Waals surface area (Å²) in [6.07, 6.45) is 2.83. The Labute approximate surface area is 107 Å². The highest BCUT2D eigenvalue weighted by Gasteiger charge is 2.27. The topological polar surface area (TPSA) is 58.4 Å². The van der Waals surface area contributed by atoms with Crippen molar-refractivity contribution in [3.05, 3.63) is 29.3 Å². The van der Waals surface area contributed by atoms with Crippen LogP contribution in [-0.2, 0) is 6.42 Å². The smallest absolute Gasteiger partial charge is 0.251 e. The molecule has 0 saturated heterocycles. The number of likely N-dealkylation sites (N-methyl/N-ethyl adjacent to an activating group) is 1. The van der Waals surface area contributed by atoms with E-state index in [1.165, 1.54) is 11.3 Å². The number of benzene rings is 1. The van der Waals surface area contributed by atoms with Gasteiger partial charge in [-0.3, -0.25) is 4.79 Å². The summed E-state index contributed by atoms with van der Waals surface area (Å²) in [6.45, 7) is 1.04. The molecule has 0 unspecified atom stereocenters. The lowest BCUT2D eigenvalue weighted by Gasteiger charge is -2.33. The lowest BCUT2D eigenvalue weighted by Crippen LogP contribution is -2.50. The SMILES string of the molecule is CN1CCc2cc(C(=O)NC3CC(N)C3)ccc21. The summed E-state index contributed by atoms with van der Waals surface area (Å²) in [7, 11) is 2.08. The van der Waals surface area contributed by atoms with Gasteiger partial charge in [-0.25, -0.2) is 0 Å². The molecule has 1 saturated carbocycles. The van der Waals surface area contributed by atoms with E-state index in [0.29, 0.717) is 0 Å². The minimum atomic E-state index is 0.0317. The number of anilines is 1. The van der Waals surface area contributed by atoms with E-state index in [1.54, 1.807) is 0 Å². The Morgan fingerprint density at radius 2 is 2.22 bits per heavy atom. The largest absolute Gasteiger partial charge is 0.374 e. The summed E-state index contributed by atoms with van der Waals surface area (Å²) < 4.78 is 0. The number of rotatable bonds is 2. The molecule has 4 nitrogen and oxygen atoms in total. The van der Waals surface area contributed by atoms with Gasteiger partial charge >= 0.3 is 0 Å². The van der Waals surface area contributed by atoms with Crippen molar-refractivity contribution in [2.45, 2.75) is 31.3 Å². The van der Waals surface area contributed by atoms with Gasteiger partial charge in [-0.15, -0.1) is 0 Å². The van der Waals surface area contributed by atoms with E-state index in [4.69, 9.17) is 5.73 Å². The quantitative estimate of drug-likeness (QED) is 0.814. The molecule has 0 radical (unpaired) electrons. The maximum absolute atomic E-state index is 12.1. The molecular weight excluding hydrogens is 226 g/mol. The van der Waals surface area contributed by atoms with Gasteiger partial charge in [0.2, 0.25) is 0 Å². The molecule has 18 heavy (non-hydrogen) atoms. The Bertz CT molecular complexity index is 480. The van der Waals surface area contributed by atoms with Crippen molar-refractivity contribution in [1.29, 1.82) is 0 Å². The molecule has 0 bridgehead atoms. The summed E-state index contributed by atoms with van der Waals surface area (Å²) in [6, 6.07) is 6.51. The molecule has 1 aliphatic carbocycles. The lowest BCUT2D eigenvalue weighted by atomic mass is 9.87. The zero-order chi connectivity index (χ0) is 12.7. The summed E-state index contributed by atoms with van der Waals surface area (Å²) >= 11 is 0. The molecule has 0 atom stereocenters. The average Bonchev–Trinajstić information content (AvgIpc) is 2.68. The number of nitrogens with two attached hydrogens (primary N) is 1. The molecule has 1 aromatic carbocycles. The Kier molecular flexibility index (Phi) is 2.74. The Morgan fingerprint density at radius 1 is 1.44 bits per heavy atom. The van der Waals surface area contributed by atoms with Gasteiger partial charge < -0.3 is 16.0 Å². The van der Waals surface area contributed by atoms with Crippen molar-refractivity contribution < 1.29 is 4.79 Å². The molecule has 1 fully saturated rings. The summed E-state index contributed by atoms with van der Waals surface area (Å²) in [5.74, 6) is 0.0317. The van der Waals surface area contributed by atoms with Crippen molar-refractivity contribution >= 4 is 11.6 Å². The van der Waals surface area contributed by atoms with Crippen LogP contribution in [-0.4, -0.2) is 31.6 Å². The monoisotopic (exact) mass is 245 g/mol. The standard InChI is InChI=1S/C14H19N3O/c1-17-5-4-9-6-10(2-3-13(9)17)14(18)16-12-7-11(15)8-12/h2-3,6,11-12H,4-5,7-8,15H2,1H3,(H,16,18). The second-order valence-electron chi connectivity index (χ2n) is 5.42. The lowest BCUT2D eigenvalue weighted by molar-refractivity contribution is 0.0910. The van der Waals surface area contributed by atoms with Crippen LogP contribution in [0, 0.1) is 0 Å². The number of carbonyl (C=O) groups excluding carboxylic acids is 1. The summed E-state index contributed by atoms with van der Waals surface area (Å²) in [5.41, 5.74) is 9.00. The molecule has 4 heteroatoms. The zero-order valence-corrected chi connectivity index (χ0v) is 10.6. The first-order valence-electron chi connectivity index (χ1n) is 6.54. The van der Waals surface area contributed by atoms with Crippen molar-refractivity contribution in [3.8, 4) is 0 Å². The van der Waals surface area contributed by atoms with Crippen molar-refractivity contribution in [1.82, 2.24) is 5.32 Å². The van der Waals surface area contributed by atoms with Crippen LogP contribution in [0.2, 0.25) is 0 Å². The van der Waals surface area contributed by atoms with Gasteiger partial charge in [0.1, 0.15) is 0 Å². The third kappa shape index (κ3) is 1.97. The van der Waals surface area contributed by atoms with E-state index in [1.807, 2.05) is 18.2 Å². The number of hydrogen-bond acceptors (Lipinski definition) is 3. The van der Waals surface area contributed by atoms with Crippen LogP contribution >= 0.6 is 0 Å². The van der Waals surface area contributed by atoms with E-state index in [2.05, 4.69) is 17.3 Å². The number of carbonyl (C=O) groups is 1. The van der Waals surface area contributed by atoms with Crippen LogP contribution in [0.4, 0.5) is 5.69 Å². The van der Waals surface area contributed by atoms with E-state index >= 15 is 0 Å². The second kappa shape index (κ2) is 4.28. The highest BCUT2D eigenvalue weighted by atomic mass is 16.1. The van der Waals surface area contributed by atoms with E-state index in [0.717, 1.165) is 31.4 Å². The molecule has 96 valence electrons. The summed E-state index contributed by atoms with van der Waals surface area (Å²) in [4.78, 5) is 14.3. The van der Waals surface area contributed by atoms with Gasteiger partial charge in [0.15, 0.2) is 0 Å². The Balaban J connectivity index is 1.71. The fraction of sp³-hybridized carbons (Fsp3) is 0.500. The van der Waals surface area contributed by atoms with Crippen LogP contribution in [0.25, 0.3) is 0 Å². The predicted molar refractivity (Wildman–Crippen MR) is 71.9 cm³/mol. The van der Waals surface area contributed by atoms with Crippen LogP contribution in [0.1, 0.15) is 28.8 Å². The molecule has 1 heterocycles. The van der Waals surface area contributed by atoms with Gasteiger partial charge in [0, 0.05) is 36.9 Å². The fourth-order valence-electron chi connectivity index (χ4n) is 2.76. The van der Waals surface area contributed by atoms with Gasteiger partial charge in [-0.1, -0.05) is 0 Å². The summed E-state index contributed by atoms with van der Waals surface area (Å²) in [5, 5.41) is 3.03.